The predicted octanol–water partition coefficient (Wildman–Crippen LogP) is 2.33. The molecule has 1 aliphatic rings. The zero-order valence-corrected chi connectivity index (χ0v) is 13.3. The second kappa shape index (κ2) is 6.68. The monoisotopic (exact) mass is 280 g/mol. The maximum absolute atomic E-state index is 5.79. The molecule has 0 N–H and O–H groups in total. The van der Waals surface area contributed by atoms with Crippen molar-refractivity contribution < 1.29 is 4.74 Å². The zero-order valence-electron chi connectivity index (χ0n) is 13.3. The maximum atomic E-state index is 5.79. The maximum Gasteiger partial charge on any atom is 0.146 e. The highest BCUT2D eigenvalue weighted by Gasteiger charge is 2.29. The number of aromatic nitrogens is 3. The van der Waals surface area contributed by atoms with Crippen molar-refractivity contribution in [1.82, 2.24) is 19.7 Å². The lowest BCUT2D eigenvalue weighted by Crippen LogP contribution is -2.38. The molecule has 0 saturated carbocycles. The summed E-state index contributed by atoms with van der Waals surface area (Å²) in [6.07, 6.45) is 5.25. The first-order valence-electron chi connectivity index (χ1n) is 7.69. The van der Waals surface area contributed by atoms with Crippen molar-refractivity contribution in [3.8, 4) is 0 Å². The number of rotatable bonds is 6. The third kappa shape index (κ3) is 4.28. The van der Waals surface area contributed by atoms with Crippen LogP contribution in [0.5, 0.6) is 0 Å². The van der Waals surface area contributed by atoms with E-state index in [2.05, 4.69) is 47.5 Å². The Hall–Kier alpha value is -0.940. The van der Waals surface area contributed by atoms with Crippen LogP contribution >= 0.6 is 0 Å². The normalized spacial score (nSPS) is 22.4. The van der Waals surface area contributed by atoms with Gasteiger partial charge in [0, 0.05) is 19.7 Å². The van der Waals surface area contributed by atoms with Gasteiger partial charge in [-0.05, 0) is 46.1 Å². The molecule has 0 bridgehead atoms. The minimum absolute atomic E-state index is 0.0337. The Kier molecular flexibility index (Phi) is 5.16. The molecule has 2 heterocycles. The summed E-state index contributed by atoms with van der Waals surface area (Å²) in [7, 11) is 2.17. The van der Waals surface area contributed by atoms with Crippen LogP contribution in [-0.4, -0.2) is 45.5 Å². The lowest BCUT2D eigenvalue weighted by molar-refractivity contribution is -0.0762. The molecule has 0 amide bonds. The fourth-order valence-corrected chi connectivity index (χ4v) is 3.09. The van der Waals surface area contributed by atoms with E-state index in [1.165, 1.54) is 0 Å². The van der Waals surface area contributed by atoms with E-state index in [9.17, 15) is 0 Å². The van der Waals surface area contributed by atoms with Crippen LogP contribution in [-0.2, 0) is 17.8 Å². The van der Waals surface area contributed by atoms with E-state index in [1.807, 2.05) is 6.33 Å². The molecule has 2 rings (SSSR count). The minimum Gasteiger partial charge on any atom is -0.376 e. The molecule has 1 aromatic heterocycles. The summed E-state index contributed by atoms with van der Waals surface area (Å²) in [6.45, 7) is 10.4. The van der Waals surface area contributed by atoms with Crippen molar-refractivity contribution in [3.63, 3.8) is 0 Å². The average Bonchev–Trinajstić information content (AvgIpc) is 2.75. The highest BCUT2D eigenvalue weighted by molar-refractivity contribution is 4.87. The third-order valence-corrected chi connectivity index (χ3v) is 3.94. The highest BCUT2D eigenvalue weighted by Crippen LogP contribution is 2.29. The molecule has 0 aromatic carbocycles. The third-order valence-electron chi connectivity index (χ3n) is 3.94. The van der Waals surface area contributed by atoms with Crippen LogP contribution in [0.25, 0.3) is 0 Å². The van der Waals surface area contributed by atoms with Gasteiger partial charge in [0.15, 0.2) is 0 Å². The molecule has 20 heavy (non-hydrogen) atoms. The van der Waals surface area contributed by atoms with Gasteiger partial charge in [-0.3, -0.25) is 4.90 Å². The Morgan fingerprint density at radius 3 is 3.00 bits per heavy atom. The lowest BCUT2D eigenvalue weighted by Gasteiger charge is -2.37. The van der Waals surface area contributed by atoms with Crippen LogP contribution in [0.2, 0.25) is 0 Å². The fraction of sp³-hybridized carbons (Fsp3) is 0.867. The van der Waals surface area contributed by atoms with Crippen LogP contribution in [0.3, 0.4) is 0 Å². The summed E-state index contributed by atoms with van der Waals surface area (Å²) in [5.74, 6) is 1.78. The summed E-state index contributed by atoms with van der Waals surface area (Å²) in [5.41, 5.74) is 0.0337. The Labute approximate surface area is 122 Å². The smallest absolute Gasteiger partial charge is 0.146 e. The quantitative estimate of drug-likeness (QED) is 0.802. The molecule has 1 atom stereocenters. The van der Waals surface area contributed by atoms with E-state index in [1.54, 1.807) is 0 Å². The van der Waals surface area contributed by atoms with Crippen molar-refractivity contribution in [2.75, 3.05) is 20.2 Å². The molecular weight excluding hydrogens is 252 g/mol. The second-order valence-electron chi connectivity index (χ2n) is 6.60. The van der Waals surface area contributed by atoms with Gasteiger partial charge in [0.25, 0.3) is 0 Å². The van der Waals surface area contributed by atoms with Crippen LogP contribution in [0.4, 0.5) is 0 Å². The number of aryl methyl sites for hydroxylation is 1. The van der Waals surface area contributed by atoms with Gasteiger partial charge in [0.1, 0.15) is 12.2 Å². The highest BCUT2D eigenvalue weighted by atomic mass is 16.5. The summed E-state index contributed by atoms with van der Waals surface area (Å²) >= 11 is 0. The van der Waals surface area contributed by atoms with Gasteiger partial charge in [-0.15, -0.1) is 10.2 Å². The summed E-state index contributed by atoms with van der Waals surface area (Å²) < 4.78 is 7.95. The van der Waals surface area contributed by atoms with E-state index in [-0.39, 0.29) is 5.60 Å². The van der Waals surface area contributed by atoms with Crippen molar-refractivity contribution in [2.24, 2.45) is 5.92 Å². The van der Waals surface area contributed by atoms with Gasteiger partial charge in [0.05, 0.1) is 12.1 Å². The fourth-order valence-electron chi connectivity index (χ4n) is 3.09. The zero-order chi connectivity index (χ0) is 14.6. The predicted molar refractivity (Wildman–Crippen MR) is 79.4 cm³/mol. The molecule has 1 fully saturated rings. The molecule has 1 unspecified atom stereocenters. The van der Waals surface area contributed by atoms with E-state index in [0.29, 0.717) is 5.92 Å². The van der Waals surface area contributed by atoms with Crippen LogP contribution < -0.4 is 0 Å². The van der Waals surface area contributed by atoms with Gasteiger partial charge in [-0.25, -0.2) is 0 Å². The molecule has 1 aromatic rings. The van der Waals surface area contributed by atoms with Crippen molar-refractivity contribution >= 4 is 0 Å². The second-order valence-corrected chi connectivity index (χ2v) is 6.60. The first kappa shape index (κ1) is 15.4. The largest absolute Gasteiger partial charge is 0.376 e. The van der Waals surface area contributed by atoms with Gasteiger partial charge in [-0.1, -0.05) is 6.92 Å². The number of hydrogen-bond donors (Lipinski definition) is 0. The van der Waals surface area contributed by atoms with Crippen LogP contribution in [0.15, 0.2) is 6.33 Å². The summed E-state index contributed by atoms with van der Waals surface area (Å²) in [4.78, 5) is 2.36. The molecule has 0 radical (unpaired) electrons. The topological polar surface area (TPSA) is 43.2 Å². The van der Waals surface area contributed by atoms with E-state index < -0.39 is 0 Å². The molecule has 5 nitrogen and oxygen atoms in total. The molecule has 114 valence electrons. The summed E-state index contributed by atoms with van der Waals surface area (Å²) in [6, 6.07) is 0. The van der Waals surface area contributed by atoms with E-state index in [0.717, 1.165) is 51.3 Å². The number of hydrogen-bond acceptors (Lipinski definition) is 4. The van der Waals surface area contributed by atoms with Gasteiger partial charge in [-0.2, -0.15) is 0 Å². The lowest BCUT2D eigenvalue weighted by atomic mass is 9.88. The van der Waals surface area contributed by atoms with E-state index in [4.69, 9.17) is 4.74 Å². The molecule has 5 heteroatoms. The standard InChI is InChI=1S/C15H28N4O/c1-5-7-19-12-16-17-14(19)11-18(4)10-13-6-8-20-15(2,3)9-13/h12-13H,5-11H2,1-4H3. The van der Waals surface area contributed by atoms with Gasteiger partial charge < -0.3 is 9.30 Å². The van der Waals surface area contributed by atoms with Crippen molar-refractivity contribution in [3.05, 3.63) is 12.2 Å². The van der Waals surface area contributed by atoms with Gasteiger partial charge in [0.2, 0.25) is 0 Å². The summed E-state index contributed by atoms with van der Waals surface area (Å²) in [5, 5.41) is 8.27. The van der Waals surface area contributed by atoms with Crippen molar-refractivity contribution in [2.45, 2.75) is 58.7 Å². The SMILES string of the molecule is CCCn1cnnc1CN(C)CC1CCOC(C)(C)C1. The minimum atomic E-state index is 0.0337. The van der Waals surface area contributed by atoms with Crippen molar-refractivity contribution in [1.29, 1.82) is 0 Å². The van der Waals surface area contributed by atoms with E-state index >= 15 is 0 Å². The first-order valence-corrected chi connectivity index (χ1v) is 7.69. The number of ether oxygens (including phenoxy) is 1. The first-order chi connectivity index (χ1) is 9.50. The Bertz CT molecular complexity index is 416. The van der Waals surface area contributed by atoms with Crippen LogP contribution in [0, 0.1) is 5.92 Å². The Balaban J connectivity index is 1.85. The molecule has 1 saturated heterocycles. The van der Waals surface area contributed by atoms with Crippen LogP contribution in [0.1, 0.15) is 45.9 Å². The molecule has 0 aliphatic carbocycles. The van der Waals surface area contributed by atoms with Gasteiger partial charge >= 0.3 is 0 Å². The molecular formula is C15H28N4O. The molecule has 1 aliphatic heterocycles. The Morgan fingerprint density at radius 1 is 1.50 bits per heavy atom. The molecule has 0 spiro atoms. The average molecular weight is 280 g/mol. The Morgan fingerprint density at radius 2 is 2.30 bits per heavy atom. The number of nitrogens with zero attached hydrogens (tertiary/aromatic N) is 4.